The number of hydrogen-bond acceptors (Lipinski definition) is 5. The summed E-state index contributed by atoms with van der Waals surface area (Å²) >= 11 is 0. The van der Waals surface area contributed by atoms with E-state index in [0.717, 1.165) is 31.2 Å². The number of carbonyl (C=O) groups excluding carboxylic acids is 2. The highest BCUT2D eigenvalue weighted by atomic mass is 16.5. The number of ether oxygens (including phenoxy) is 2. The lowest BCUT2D eigenvalue weighted by molar-refractivity contribution is -0.119. The molecule has 0 aliphatic heterocycles. The summed E-state index contributed by atoms with van der Waals surface area (Å²) in [7, 11) is 0. The van der Waals surface area contributed by atoms with Crippen LogP contribution in [-0.2, 0) is 9.53 Å². The molecule has 1 aromatic heterocycles. The van der Waals surface area contributed by atoms with Crippen LogP contribution < -0.4 is 10.1 Å². The van der Waals surface area contributed by atoms with Gasteiger partial charge in [0, 0.05) is 18.0 Å². The summed E-state index contributed by atoms with van der Waals surface area (Å²) in [5.41, 5.74) is 1.93. The minimum Gasteiger partial charge on any atom is -0.462 e. The highest BCUT2D eigenvalue weighted by Gasteiger charge is 2.31. The molecule has 0 bridgehead atoms. The molecule has 1 N–H and O–H groups in total. The van der Waals surface area contributed by atoms with Gasteiger partial charge in [0.2, 0.25) is 11.8 Å². The molecule has 4 rings (SSSR count). The Balaban J connectivity index is 1.53. The van der Waals surface area contributed by atoms with Gasteiger partial charge < -0.3 is 14.8 Å². The van der Waals surface area contributed by atoms with E-state index in [2.05, 4.69) is 10.3 Å². The van der Waals surface area contributed by atoms with E-state index < -0.39 is 5.97 Å². The van der Waals surface area contributed by atoms with Crippen LogP contribution in [0.1, 0.15) is 60.9 Å². The highest BCUT2D eigenvalue weighted by Crippen LogP contribution is 2.37. The third-order valence-corrected chi connectivity index (χ3v) is 6.14. The van der Waals surface area contributed by atoms with Gasteiger partial charge in [0.25, 0.3) is 0 Å². The van der Waals surface area contributed by atoms with Gasteiger partial charge in [0.15, 0.2) is 0 Å². The molecule has 6 heteroatoms. The normalized spacial score (nSPS) is 14.7. The Labute approximate surface area is 200 Å². The number of nitrogens with one attached hydrogen (secondary N) is 1. The zero-order valence-corrected chi connectivity index (χ0v) is 19.4. The lowest BCUT2D eigenvalue weighted by Gasteiger charge is -2.30. The number of amides is 1. The van der Waals surface area contributed by atoms with Gasteiger partial charge in [-0.25, -0.2) is 9.78 Å². The topological polar surface area (TPSA) is 77.5 Å². The molecule has 1 amide bonds. The first-order valence-corrected chi connectivity index (χ1v) is 11.9. The molecule has 176 valence electrons. The standard InChI is InChI=1S/C28H30N2O4/c1-2-33-28(32)24-17-10-18-29-27(24)34-23-16-9-15-22(19-23)30-26(31)25(20-11-5-3-6-12-20)21-13-7-4-8-14-21/h3,5-6,9-12,15-19,21,25H,2,4,7-8,13-14H2,1H3,(H,30,31). The number of benzene rings is 2. The van der Waals surface area contributed by atoms with Gasteiger partial charge in [0.05, 0.1) is 12.5 Å². The van der Waals surface area contributed by atoms with Crippen LogP contribution in [0.4, 0.5) is 5.69 Å². The van der Waals surface area contributed by atoms with E-state index >= 15 is 0 Å². The van der Waals surface area contributed by atoms with Crippen LogP contribution in [0.5, 0.6) is 11.6 Å². The minimum absolute atomic E-state index is 0.0136. The molecule has 1 saturated carbocycles. The van der Waals surface area contributed by atoms with Gasteiger partial charge in [-0.2, -0.15) is 0 Å². The SMILES string of the molecule is CCOC(=O)c1cccnc1Oc1cccc(NC(=O)C(c2ccccc2)C2CCCCC2)c1. The smallest absolute Gasteiger partial charge is 0.343 e. The number of esters is 1. The minimum atomic E-state index is -0.492. The van der Waals surface area contributed by atoms with Crippen molar-refractivity contribution in [2.75, 3.05) is 11.9 Å². The Morgan fingerprint density at radius 2 is 1.79 bits per heavy atom. The third kappa shape index (κ3) is 5.81. The van der Waals surface area contributed by atoms with Crippen LogP contribution in [0, 0.1) is 5.92 Å². The van der Waals surface area contributed by atoms with Gasteiger partial charge in [0.1, 0.15) is 11.3 Å². The number of hydrogen-bond donors (Lipinski definition) is 1. The molecule has 6 nitrogen and oxygen atoms in total. The number of nitrogens with zero attached hydrogens (tertiary/aromatic N) is 1. The summed E-state index contributed by atoms with van der Waals surface area (Å²) in [4.78, 5) is 29.9. The van der Waals surface area contributed by atoms with Gasteiger partial charge in [-0.3, -0.25) is 4.79 Å². The van der Waals surface area contributed by atoms with Crippen LogP contribution in [0.25, 0.3) is 0 Å². The first-order chi connectivity index (χ1) is 16.7. The maximum absolute atomic E-state index is 13.5. The molecule has 0 radical (unpaired) electrons. The van der Waals surface area contributed by atoms with E-state index in [-0.39, 0.29) is 29.9 Å². The van der Waals surface area contributed by atoms with Crippen molar-refractivity contribution in [2.45, 2.75) is 44.9 Å². The van der Waals surface area contributed by atoms with Crippen molar-refractivity contribution in [1.29, 1.82) is 0 Å². The average Bonchev–Trinajstić information content (AvgIpc) is 2.86. The fourth-order valence-electron chi connectivity index (χ4n) is 4.57. The van der Waals surface area contributed by atoms with E-state index in [9.17, 15) is 9.59 Å². The fourth-order valence-corrected chi connectivity index (χ4v) is 4.57. The summed E-state index contributed by atoms with van der Waals surface area (Å²) in [6.45, 7) is 2.01. The van der Waals surface area contributed by atoms with Gasteiger partial charge in [-0.1, -0.05) is 55.7 Å². The molecule has 3 aromatic rings. The Morgan fingerprint density at radius 3 is 2.56 bits per heavy atom. The van der Waals surface area contributed by atoms with Crippen molar-refractivity contribution in [2.24, 2.45) is 5.92 Å². The average molecular weight is 459 g/mol. The molecular formula is C28H30N2O4. The van der Waals surface area contributed by atoms with E-state index in [1.54, 1.807) is 43.5 Å². The van der Waals surface area contributed by atoms with Crippen molar-refractivity contribution >= 4 is 17.6 Å². The van der Waals surface area contributed by atoms with Crippen molar-refractivity contribution in [3.8, 4) is 11.6 Å². The quantitative estimate of drug-likeness (QED) is 0.398. The van der Waals surface area contributed by atoms with Gasteiger partial charge in [-0.05, 0) is 55.5 Å². The van der Waals surface area contributed by atoms with Crippen LogP contribution in [0.2, 0.25) is 0 Å². The molecule has 1 aliphatic rings. The van der Waals surface area contributed by atoms with Crippen LogP contribution in [0.3, 0.4) is 0 Å². The second-order valence-electron chi connectivity index (χ2n) is 8.48. The Morgan fingerprint density at radius 1 is 1.00 bits per heavy atom. The van der Waals surface area contributed by atoms with Crippen molar-refractivity contribution < 1.29 is 19.1 Å². The van der Waals surface area contributed by atoms with Gasteiger partial charge in [-0.15, -0.1) is 0 Å². The predicted octanol–water partition coefficient (Wildman–Crippen LogP) is 6.35. The molecule has 1 fully saturated rings. The highest BCUT2D eigenvalue weighted by molar-refractivity contribution is 5.96. The lowest BCUT2D eigenvalue weighted by atomic mass is 9.76. The van der Waals surface area contributed by atoms with Crippen LogP contribution in [-0.4, -0.2) is 23.5 Å². The maximum atomic E-state index is 13.5. The lowest BCUT2D eigenvalue weighted by Crippen LogP contribution is -2.29. The zero-order chi connectivity index (χ0) is 23.8. The molecule has 0 spiro atoms. The van der Waals surface area contributed by atoms with E-state index in [0.29, 0.717) is 17.4 Å². The monoisotopic (exact) mass is 458 g/mol. The maximum Gasteiger partial charge on any atom is 0.343 e. The Kier molecular flexibility index (Phi) is 7.91. The molecule has 1 unspecified atom stereocenters. The van der Waals surface area contributed by atoms with Crippen molar-refractivity contribution in [1.82, 2.24) is 4.98 Å². The molecule has 2 aromatic carbocycles. The van der Waals surface area contributed by atoms with E-state index in [1.807, 2.05) is 36.4 Å². The predicted molar refractivity (Wildman–Crippen MR) is 131 cm³/mol. The Bertz CT molecular complexity index is 1110. The van der Waals surface area contributed by atoms with Gasteiger partial charge >= 0.3 is 5.97 Å². The Hall–Kier alpha value is -3.67. The molecule has 1 atom stereocenters. The molecule has 1 aliphatic carbocycles. The van der Waals surface area contributed by atoms with Crippen molar-refractivity contribution in [3.05, 3.63) is 84.1 Å². The molecule has 0 saturated heterocycles. The van der Waals surface area contributed by atoms with Crippen molar-refractivity contribution in [3.63, 3.8) is 0 Å². The number of carbonyl (C=O) groups is 2. The zero-order valence-electron chi connectivity index (χ0n) is 19.4. The number of anilines is 1. The molecule has 34 heavy (non-hydrogen) atoms. The number of rotatable bonds is 8. The second-order valence-corrected chi connectivity index (χ2v) is 8.48. The third-order valence-electron chi connectivity index (χ3n) is 6.14. The summed E-state index contributed by atoms with van der Waals surface area (Å²) < 4.78 is 11.0. The molecule has 1 heterocycles. The summed E-state index contributed by atoms with van der Waals surface area (Å²) in [6.07, 6.45) is 7.24. The van der Waals surface area contributed by atoms with E-state index in [4.69, 9.17) is 9.47 Å². The van der Waals surface area contributed by atoms with Crippen LogP contribution >= 0.6 is 0 Å². The summed E-state index contributed by atoms with van der Waals surface area (Å²) in [6, 6.07) is 20.4. The van der Waals surface area contributed by atoms with Crippen LogP contribution in [0.15, 0.2) is 72.9 Å². The number of pyridine rings is 1. The fraction of sp³-hybridized carbons (Fsp3) is 0.321. The largest absolute Gasteiger partial charge is 0.462 e. The summed E-state index contributed by atoms with van der Waals surface area (Å²) in [5.74, 6) is 0.256. The molecular weight excluding hydrogens is 428 g/mol. The number of aromatic nitrogens is 1. The first-order valence-electron chi connectivity index (χ1n) is 11.9. The second kappa shape index (κ2) is 11.5. The first kappa shape index (κ1) is 23.5. The van der Waals surface area contributed by atoms with E-state index in [1.165, 1.54) is 6.42 Å². The summed E-state index contributed by atoms with van der Waals surface area (Å²) in [5, 5.41) is 3.09.